The average Bonchev–Trinajstić information content (AvgIpc) is 2.35. The maximum atomic E-state index is 11.4. The lowest BCUT2D eigenvalue weighted by atomic mass is 9.97. The maximum absolute atomic E-state index is 11.4. The molecule has 1 aliphatic carbocycles. The Hall–Kier alpha value is -2.23. The van der Waals surface area contributed by atoms with E-state index in [1.807, 2.05) is 0 Å². The van der Waals surface area contributed by atoms with Crippen LogP contribution in [0.2, 0.25) is 0 Å². The first kappa shape index (κ1) is 9.33. The van der Waals surface area contributed by atoms with E-state index in [1.165, 1.54) is 18.2 Å². The number of Topliss-reactive ketones (excluding diaryl/α,β-unsaturated/α-hetero) is 1. The summed E-state index contributed by atoms with van der Waals surface area (Å²) in [6.45, 7) is 0. The summed E-state index contributed by atoms with van der Waals surface area (Å²) in [4.78, 5) is 33.7. The third kappa shape index (κ3) is 1.36. The molecule has 4 heteroatoms. The van der Waals surface area contributed by atoms with Gasteiger partial charge >= 0.3 is 0 Å². The summed E-state index contributed by atoms with van der Waals surface area (Å²) in [5.74, 6) is -2.25. The minimum absolute atomic E-state index is 0.211. The topological polar surface area (TPSA) is 71.4 Å². The van der Waals surface area contributed by atoms with Crippen LogP contribution in [0.4, 0.5) is 0 Å². The normalized spacial score (nSPS) is 13.9. The van der Waals surface area contributed by atoms with Crippen molar-refractivity contribution in [3.05, 3.63) is 45.6 Å². The first-order chi connectivity index (χ1) is 7.11. The Bertz CT molecular complexity index is 555. The fourth-order valence-electron chi connectivity index (χ4n) is 1.40. The molecule has 0 atom stereocenters. The molecule has 1 aromatic carbocycles. The summed E-state index contributed by atoms with van der Waals surface area (Å²) in [6.07, 6.45) is 2.52. The molecule has 0 bridgehead atoms. The Morgan fingerprint density at radius 2 is 1.73 bits per heavy atom. The highest BCUT2D eigenvalue weighted by Crippen LogP contribution is 2.21. The molecule has 1 N–H and O–H groups in total. The zero-order valence-corrected chi connectivity index (χ0v) is 7.56. The van der Waals surface area contributed by atoms with Gasteiger partial charge in [0.2, 0.25) is 17.0 Å². The van der Waals surface area contributed by atoms with Crippen molar-refractivity contribution in [2.75, 3.05) is 0 Å². The smallest absolute Gasteiger partial charge is 0.237 e. The summed E-state index contributed by atoms with van der Waals surface area (Å²) >= 11 is 0. The van der Waals surface area contributed by atoms with Crippen molar-refractivity contribution in [1.29, 1.82) is 0 Å². The largest absolute Gasteiger partial charge is 0.504 e. The lowest BCUT2D eigenvalue weighted by Crippen LogP contribution is -2.17. The molecule has 15 heavy (non-hydrogen) atoms. The molecule has 0 amide bonds. The van der Waals surface area contributed by atoms with Gasteiger partial charge in [0.1, 0.15) is 0 Å². The highest BCUT2D eigenvalue weighted by molar-refractivity contribution is 6.50. The van der Waals surface area contributed by atoms with Crippen molar-refractivity contribution in [3.8, 4) is 5.75 Å². The van der Waals surface area contributed by atoms with Gasteiger partial charge in [-0.15, -0.1) is 0 Å². The molecule has 1 aromatic rings. The lowest BCUT2D eigenvalue weighted by Gasteiger charge is -2.05. The predicted molar refractivity (Wildman–Crippen MR) is 52.7 cm³/mol. The number of ketones is 2. The van der Waals surface area contributed by atoms with Crippen molar-refractivity contribution in [1.82, 2.24) is 0 Å². The summed E-state index contributed by atoms with van der Waals surface area (Å²) in [6, 6.07) is 4.06. The van der Waals surface area contributed by atoms with Crippen LogP contribution in [-0.4, -0.2) is 16.7 Å². The van der Waals surface area contributed by atoms with Crippen molar-refractivity contribution in [2.45, 2.75) is 0 Å². The van der Waals surface area contributed by atoms with Crippen molar-refractivity contribution < 1.29 is 14.7 Å². The van der Waals surface area contributed by atoms with E-state index >= 15 is 0 Å². The third-order valence-corrected chi connectivity index (χ3v) is 2.15. The van der Waals surface area contributed by atoms with Gasteiger partial charge in [-0.2, -0.15) is 0 Å². The lowest BCUT2D eigenvalue weighted by molar-refractivity contribution is -0.110. The van der Waals surface area contributed by atoms with E-state index < -0.39 is 22.7 Å². The Labute approximate surface area is 84.5 Å². The molecule has 0 unspecified atom stereocenters. The van der Waals surface area contributed by atoms with Crippen LogP contribution in [0.1, 0.15) is 15.9 Å². The number of fused-ring (bicyclic) bond motifs is 1. The van der Waals surface area contributed by atoms with E-state index in [0.717, 1.165) is 12.1 Å². The van der Waals surface area contributed by atoms with Crippen LogP contribution >= 0.6 is 0 Å². The van der Waals surface area contributed by atoms with Crippen LogP contribution in [0.25, 0.3) is 6.08 Å². The van der Waals surface area contributed by atoms with Gasteiger partial charge in [-0.1, -0.05) is 18.2 Å². The molecule has 0 aromatic heterocycles. The molecule has 0 spiro atoms. The van der Waals surface area contributed by atoms with E-state index in [4.69, 9.17) is 0 Å². The van der Waals surface area contributed by atoms with Crippen LogP contribution in [0, 0.1) is 0 Å². The summed E-state index contributed by atoms with van der Waals surface area (Å²) in [5.41, 5.74) is -0.510. The van der Waals surface area contributed by atoms with Gasteiger partial charge in [0, 0.05) is 0 Å². The number of rotatable bonds is 0. The molecule has 0 radical (unpaired) electrons. The van der Waals surface area contributed by atoms with Crippen molar-refractivity contribution in [3.63, 3.8) is 0 Å². The summed E-state index contributed by atoms with van der Waals surface area (Å²) < 4.78 is 0. The first-order valence-corrected chi connectivity index (χ1v) is 4.24. The monoisotopic (exact) mass is 202 g/mol. The SMILES string of the molecule is O=C1C=Cc2cccc(=O)c(O)c2C1=O. The van der Waals surface area contributed by atoms with E-state index in [0.29, 0.717) is 5.56 Å². The van der Waals surface area contributed by atoms with Gasteiger partial charge in [0.05, 0.1) is 5.56 Å². The van der Waals surface area contributed by atoms with Gasteiger partial charge < -0.3 is 5.11 Å². The molecule has 0 aliphatic heterocycles. The minimum atomic E-state index is -0.849. The molecule has 2 rings (SSSR count). The minimum Gasteiger partial charge on any atom is -0.504 e. The van der Waals surface area contributed by atoms with Crippen LogP contribution in [0.3, 0.4) is 0 Å². The molecule has 0 saturated heterocycles. The summed E-state index contributed by atoms with van der Waals surface area (Å²) in [5, 5.41) is 9.47. The van der Waals surface area contributed by atoms with E-state index in [1.54, 1.807) is 0 Å². The third-order valence-electron chi connectivity index (χ3n) is 2.15. The maximum Gasteiger partial charge on any atom is 0.237 e. The van der Waals surface area contributed by atoms with Gasteiger partial charge in [-0.25, -0.2) is 0 Å². The second-order valence-electron chi connectivity index (χ2n) is 3.10. The zero-order valence-electron chi connectivity index (χ0n) is 7.56. The molecule has 74 valence electrons. The number of carbonyl (C=O) groups excluding carboxylic acids is 2. The standard InChI is InChI=1S/C11H6O4/c12-7-3-1-2-6-4-5-8(13)11(15)9(6)10(7)14/h1-5H,(H,12,14). The quantitative estimate of drug-likeness (QED) is 0.623. The molecule has 1 aliphatic rings. The number of carbonyl (C=O) groups is 2. The Morgan fingerprint density at radius 3 is 2.47 bits per heavy atom. The Kier molecular flexibility index (Phi) is 1.97. The van der Waals surface area contributed by atoms with E-state index in [9.17, 15) is 19.5 Å². The van der Waals surface area contributed by atoms with Gasteiger partial charge in [0.15, 0.2) is 5.75 Å². The number of aromatic hydroxyl groups is 1. The van der Waals surface area contributed by atoms with Crippen molar-refractivity contribution in [2.24, 2.45) is 0 Å². The first-order valence-electron chi connectivity index (χ1n) is 4.24. The number of hydrogen-bond donors (Lipinski definition) is 1. The fraction of sp³-hybridized carbons (Fsp3) is 0. The van der Waals surface area contributed by atoms with E-state index in [2.05, 4.69) is 0 Å². The molecule has 0 fully saturated rings. The predicted octanol–water partition coefficient (Wildman–Crippen LogP) is 0.531. The molecular weight excluding hydrogens is 196 g/mol. The number of allylic oxidation sites excluding steroid dienone is 1. The highest BCUT2D eigenvalue weighted by Gasteiger charge is 2.24. The molecule has 4 nitrogen and oxygen atoms in total. The van der Waals surface area contributed by atoms with Crippen molar-refractivity contribution >= 4 is 17.6 Å². The van der Waals surface area contributed by atoms with Crippen LogP contribution in [0.5, 0.6) is 5.75 Å². The van der Waals surface area contributed by atoms with Crippen LogP contribution in [0.15, 0.2) is 29.1 Å². The Balaban J connectivity index is 2.91. The van der Waals surface area contributed by atoms with Gasteiger partial charge in [-0.05, 0) is 17.7 Å². The molecular formula is C11H6O4. The van der Waals surface area contributed by atoms with Crippen LogP contribution < -0.4 is 5.43 Å². The molecule has 0 saturated carbocycles. The Morgan fingerprint density at radius 1 is 1.00 bits per heavy atom. The molecule has 0 heterocycles. The highest BCUT2D eigenvalue weighted by atomic mass is 16.3. The van der Waals surface area contributed by atoms with E-state index in [-0.39, 0.29) is 5.56 Å². The van der Waals surface area contributed by atoms with Gasteiger partial charge in [0.25, 0.3) is 0 Å². The second-order valence-corrected chi connectivity index (χ2v) is 3.10. The fourth-order valence-corrected chi connectivity index (χ4v) is 1.40. The van der Waals surface area contributed by atoms with Crippen LogP contribution in [-0.2, 0) is 4.79 Å². The van der Waals surface area contributed by atoms with Gasteiger partial charge in [-0.3, -0.25) is 14.4 Å². The number of hydrogen-bond acceptors (Lipinski definition) is 4. The zero-order chi connectivity index (χ0) is 11.0. The summed E-state index contributed by atoms with van der Waals surface area (Å²) in [7, 11) is 0. The second kappa shape index (κ2) is 3.16. The average molecular weight is 202 g/mol.